The highest BCUT2D eigenvalue weighted by molar-refractivity contribution is 5.90. The molecule has 0 aromatic heterocycles. The SMILES string of the molecule is CCCCCCC(C)Oc1ccc(-c2ccc(C(=O)OCC)cc2)cc1. The minimum absolute atomic E-state index is 0.238. The Kier molecular flexibility index (Phi) is 8.20. The number of unbranched alkanes of at least 4 members (excludes halogenated alkanes) is 3. The van der Waals surface area contributed by atoms with Crippen molar-refractivity contribution in [1.82, 2.24) is 0 Å². The van der Waals surface area contributed by atoms with Gasteiger partial charge in [0.05, 0.1) is 18.3 Å². The molecule has 1 atom stereocenters. The number of hydrogen-bond donors (Lipinski definition) is 0. The van der Waals surface area contributed by atoms with Crippen LogP contribution in [0.1, 0.15) is 63.2 Å². The number of ether oxygens (including phenoxy) is 2. The van der Waals surface area contributed by atoms with Crippen molar-refractivity contribution in [2.45, 2.75) is 59.0 Å². The Bertz CT molecular complexity index is 659. The summed E-state index contributed by atoms with van der Waals surface area (Å²) in [6, 6.07) is 15.6. The molecule has 1 unspecified atom stereocenters. The largest absolute Gasteiger partial charge is 0.491 e. The molecule has 2 aromatic carbocycles. The maximum absolute atomic E-state index is 11.7. The first-order valence-electron chi connectivity index (χ1n) is 9.68. The third kappa shape index (κ3) is 6.21. The van der Waals surface area contributed by atoms with Gasteiger partial charge in [-0.1, -0.05) is 50.5 Å². The molecule has 3 heteroatoms. The molecule has 26 heavy (non-hydrogen) atoms. The molecule has 2 aromatic rings. The molecule has 0 heterocycles. The monoisotopic (exact) mass is 354 g/mol. The van der Waals surface area contributed by atoms with E-state index in [9.17, 15) is 4.79 Å². The van der Waals surface area contributed by atoms with Gasteiger partial charge in [-0.15, -0.1) is 0 Å². The Labute approximate surface area is 157 Å². The molecular weight excluding hydrogens is 324 g/mol. The summed E-state index contributed by atoms with van der Waals surface area (Å²) in [6.07, 6.45) is 6.40. The fraction of sp³-hybridized carbons (Fsp3) is 0.435. The molecule has 0 radical (unpaired) electrons. The Morgan fingerprint density at radius 1 is 0.885 bits per heavy atom. The van der Waals surface area contributed by atoms with Crippen molar-refractivity contribution in [3.8, 4) is 16.9 Å². The lowest BCUT2D eigenvalue weighted by Crippen LogP contribution is -2.11. The first-order chi connectivity index (χ1) is 12.6. The van der Waals surface area contributed by atoms with Crippen LogP contribution in [-0.2, 0) is 4.74 Å². The maximum atomic E-state index is 11.7. The molecule has 0 aliphatic rings. The summed E-state index contributed by atoms with van der Waals surface area (Å²) in [5.41, 5.74) is 2.74. The van der Waals surface area contributed by atoms with Crippen molar-refractivity contribution < 1.29 is 14.3 Å². The number of carbonyl (C=O) groups is 1. The zero-order valence-corrected chi connectivity index (χ0v) is 16.2. The molecule has 0 aliphatic carbocycles. The van der Waals surface area contributed by atoms with Crippen molar-refractivity contribution in [3.63, 3.8) is 0 Å². The van der Waals surface area contributed by atoms with E-state index in [-0.39, 0.29) is 12.1 Å². The van der Waals surface area contributed by atoms with Crippen LogP contribution in [-0.4, -0.2) is 18.7 Å². The first-order valence-corrected chi connectivity index (χ1v) is 9.68. The van der Waals surface area contributed by atoms with Crippen LogP contribution in [0.5, 0.6) is 5.75 Å². The Morgan fingerprint density at radius 3 is 2.08 bits per heavy atom. The van der Waals surface area contributed by atoms with E-state index in [1.807, 2.05) is 31.2 Å². The smallest absolute Gasteiger partial charge is 0.338 e. The third-order valence-corrected chi connectivity index (χ3v) is 4.39. The van der Waals surface area contributed by atoms with Crippen LogP contribution >= 0.6 is 0 Å². The second kappa shape index (κ2) is 10.6. The van der Waals surface area contributed by atoms with E-state index >= 15 is 0 Å². The van der Waals surface area contributed by atoms with Gasteiger partial charge in [0.1, 0.15) is 5.75 Å². The summed E-state index contributed by atoms with van der Waals surface area (Å²) < 4.78 is 11.0. The van der Waals surface area contributed by atoms with E-state index in [4.69, 9.17) is 9.47 Å². The molecular formula is C23H30O3. The minimum atomic E-state index is -0.282. The predicted molar refractivity (Wildman–Crippen MR) is 107 cm³/mol. The highest BCUT2D eigenvalue weighted by Gasteiger charge is 2.07. The van der Waals surface area contributed by atoms with E-state index in [1.165, 1.54) is 25.7 Å². The van der Waals surface area contributed by atoms with E-state index in [1.54, 1.807) is 12.1 Å². The second-order valence-corrected chi connectivity index (χ2v) is 6.60. The van der Waals surface area contributed by atoms with Gasteiger partial charge in [0, 0.05) is 0 Å². The van der Waals surface area contributed by atoms with Gasteiger partial charge in [-0.05, 0) is 62.1 Å². The van der Waals surface area contributed by atoms with Gasteiger partial charge in [0.25, 0.3) is 0 Å². The zero-order chi connectivity index (χ0) is 18.8. The number of rotatable bonds is 10. The van der Waals surface area contributed by atoms with E-state index < -0.39 is 0 Å². The van der Waals surface area contributed by atoms with Crippen LogP contribution in [0, 0.1) is 0 Å². The van der Waals surface area contributed by atoms with E-state index in [2.05, 4.69) is 26.0 Å². The number of hydrogen-bond acceptors (Lipinski definition) is 3. The minimum Gasteiger partial charge on any atom is -0.491 e. The molecule has 0 amide bonds. The van der Waals surface area contributed by atoms with Crippen LogP contribution in [0.15, 0.2) is 48.5 Å². The quantitative estimate of drug-likeness (QED) is 0.373. The second-order valence-electron chi connectivity index (χ2n) is 6.60. The lowest BCUT2D eigenvalue weighted by Gasteiger charge is -2.15. The molecule has 140 valence electrons. The van der Waals surface area contributed by atoms with Gasteiger partial charge in [-0.2, -0.15) is 0 Å². The molecule has 0 saturated carbocycles. The molecule has 0 fully saturated rings. The summed E-state index contributed by atoms with van der Waals surface area (Å²) in [6.45, 7) is 6.56. The average molecular weight is 354 g/mol. The van der Waals surface area contributed by atoms with E-state index in [0.29, 0.717) is 12.2 Å². The van der Waals surface area contributed by atoms with Crippen LogP contribution in [0.4, 0.5) is 0 Å². The van der Waals surface area contributed by atoms with Gasteiger partial charge >= 0.3 is 5.97 Å². The first kappa shape index (κ1) is 20.0. The van der Waals surface area contributed by atoms with Crippen molar-refractivity contribution in [3.05, 3.63) is 54.1 Å². The standard InChI is InChI=1S/C23H30O3/c1-4-6-7-8-9-18(3)26-22-16-14-20(15-17-22)19-10-12-21(13-11-19)23(24)25-5-2/h10-18H,4-9H2,1-3H3. The summed E-state index contributed by atoms with van der Waals surface area (Å²) in [4.78, 5) is 11.7. The zero-order valence-electron chi connectivity index (χ0n) is 16.2. The van der Waals surface area contributed by atoms with Gasteiger partial charge in [0.15, 0.2) is 0 Å². The van der Waals surface area contributed by atoms with Crippen LogP contribution < -0.4 is 4.74 Å². The molecule has 2 rings (SSSR count). The molecule has 0 N–H and O–H groups in total. The fourth-order valence-corrected chi connectivity index (χ4v) is 2.89. The van der Waals surface area contributed by atoms with Gasteiger partial charge in [-0.25, -0.2) is 4.79 Å². The lowest BCUT2D eigenvalue weighted by atomic mass is 10.0. The van der Waals surface area contributed by atoms with Crippen molar-refractivity contribution >= 4 is 5.97 Å². The van der Waals surface area contributed by atoms with Crippen molar-refractivity contribution in [2.75, 3.05) is 6.61 Å². The summed E-state index contributed by atoms with van der Waals surface area (Å²) in [5.74, 6) is 0.621. The van der Waals surface area contributed by atoms with Crippen LogP contribution in [0.2, 0.25) is 0 Å². The van der Waals surface area contributed by atoms with Crippen molar-refractivity contribution in [1.29, 1.82) is 0 Å². The summed E-state index contributed by atoms with van der Waals surface area (Å²) in [7, 11) is 0. The number of carbonyl (C=O) groups excluding carboxylic acids is 1. The topological polar surface area (TPSA) is 35.5 Å². The molecule has 3 nitrogen and oxygen atoms in total. The maximum Gasteiger partial charge on any atom is 0.338 e. The fourth-order valence-electron chi connectivity index (χ4n) is 2.89. The Hall–Kier alpha value is -2.29. The number of benzene rings is 2. The molecule has 0 bridgehead atoms. The third-order valence-electron chi connectivity index (χ3n) is 4.39. The van der Waals surface area contributed by atoms with E-state index in [0.717, 1.165) is 23.3 Å². The number of esters is 1. The Balaban J connectivity index is 1.91. The van der Waals surface area contributed by atoms with Gasteiger partial charge in [0.2, 0.25) is 0 Å². The van der Waals surface area contributed by atoms with Crippen LogP contribution in [0.3, 0.4) is 0 Å². The molecule has 0 saturated heterocycles. The predicted octanol–water partition coefficient (Wildman–Crippen LogP) is 6.27. The normalized spacial score (nSPS) is 11.8. The lowest BCUT2D eigenvalue weighted by molar-refractivity contribution is 0.0526. The van der Waals surface area contributed by atoms with Crippen LogP contribution in [0.25, 0.3) is 11.1 Å². The van der Waals surface area contributed by atoms with Gasteiger partial charge in [-0.3, -0.25) is 0 Å². The highest BCUT2D eigenvalue weighted by Crippen LogP contribution is 2.24. The highest BCUT2D eigenvalue weighted by atomic mass is 16.5. The molecule has 0 spiro atoms. The average Bonchev–Trinajstić information content (AvgIpc) is 2.66. The van der Waals surface area contributed by atoms with Crippen molar-refractivity contribution in [2.24, 2.45) is 0 Å². The summed E-state index contributed by atoms with van der Waals surface area (Å²) >= 11 is 0. The molecule has 0 aliphatic heterocycles. The summed E-state index contributed by atoms with van der Waals surface area (Å²) in [5, 5.41) is 0. The van der Waals surface area contributed by atoms with Gasteiger partial charge < -0.3 is 9.47 Å². The Morgan fingerprint density at radius 2 is 1.50 bits per heavy atom.